The van der Waals surface area contributed by atoms with Crippen LogP contribution in [0.4, 0.5) is 11.6 Å². The normalized spacial score (nSPS) is 14.5. The highest BCUT2D eigenvalue weighted by atomic mass is 16.5. The second kappa shape index (κ2) is 8.20. The third-order valence-electron chi connectivity index (χ3n) is 5.58. The van der Waals surface area contributed by atoms with Gasteiger partial charge in [0.2, 0.25) is 0 Å². The molecule has 0 bridgehead atoms. The van der Waals surface area contributed by atoms with Crippen molar-refractivity contribution in [1.29, 1.82) is 0 Å². The molecule has 1 fully saturated rings. The molecule has 4 heterocycles. The van der Waals surface area contributed by atoms with Crippen LogP contribution in [0.5, 0.6) is 5.75 Å². The van der Waals surface area contributed by atoms with E-state index in [-0.39, 0.29) is 6.61 Å². The number of anilines is 2. The van der Waals surface area contributed by atoms with Gasteiger partial charge in [-0.05, 0) is 63.3 Å². The minimum Gasteiger partial charge on any atom is -0.489 e. The second-order valence-corrected chi connectivity index (χ2v) is 8.42. The van der Waals surface area contributed by atoms with Gasteiger partial charge in [-0.1, -0.05) is 0 Å². The zero-order chi connectivity index (χ0) is 22.2. The summed E-state index contributed by atoms with van der Waals surface area (Å²) in [6.07, 6.45) is 5.38. The number of hydrogen-bond acceptors (Lipinski definition) is 7. The Morgan fingerprint density at radius 1 is 1.09 bits per heavy atom. The molecule has 5 rings (SSSR count). The highest BCUT2D eigenvalue weighted by molar-refractivity contribution is 5.75. The quantitative estimate of drug-likeness (QED) is 0.457. The first-order chi connectivity index (χ1) is 15.4. The van der Waals surface area contributed by atoms with E-state index in [1.165, 1.54) is 0 Å². The monoisotopic (exact) mass is 430 g/mol. The van der Waals surface area contributed by atoms with Gasteiger partial charge in [-0.2, -0.15) is 5.10 Å². The van der Waals surface area contributed by atoms with Crippen molar-refractivity contribution in [3.05, 3.63) is 59.9 Å². The fourth-order valence-electron chi connectivity index (χ4n) is 3.82. The molecule has 4 aromatic heterocycles. The Balaban J connectivity index is 1.42. The standard InChI is InChI=1S/C24H26N6O2/c1-14-8-20(22(12-25-14)32-13-21(31)17-4-5-17)18-6-7-30-19(10-18)11-24(29-30)28-23-9-15(2)26-16(3)27-23/h6-12,17,21,31H,4-5,13H2,1-3H3,(H,26,27,28,29). The predicted octanol–water partition coefficient (Wildman–Crippen LogP) is 4.00. The zero-order valence-electron chi connectivity index (χ0n) is 18.4. The Kier molecular flexibility index (Phi) is 5.22. The molecular formula is C24H26N6O2. The van der Waals surface area contributed by atoms with Crippen LogP contribution in [0, 0.1) is 26.7 Å². The van der Waals surface area contributed by atoms with Crippen molar-refractivity contribution in [2.45, 2.75) is 39.7 Å². The van der Waals surface area contributed by atoms with E-state index in [0.717, 1.165) is 40.9 Å². The number of aliphatic hydroxyl groups excluding tert-OH is 1. The fraction of sp³-hybridized carbons (Fsp3) is 0.333. The molecule has 0 radical (unpaired) electrons. The largest absolute Gasteiger partial charge is 0.489 e. The lowest BCUT2D eigenvalue weighted by Gasteiger charge is -2.15. The van der Waals surface area contributed by atoms with Gasteiger partial charge in [0.1, 0.15) is 24.0 Å². The van der Waals surface area contributed by atoms with Crippen molar-refractivity contribution >= 4 is 17.2 Å². The van der Waals surface area contributed by atoms with Gasteiger partial charge in [0.15, 0.2) is 5.82 Å². The summed E-state index contributed by atoms with van der Waals surface area (Å²) in [4.78, 5) is 13.1. The molecular weight excluding hydrogens is 404 g/mol. The van der Waals surface area contributed by atoms with Crippen molar-refractivity contribution in [3.63, 3.8) is 0 Å². The summed E-state index contributed by atoms with van der Waals surface area (Å²) in [5.74, 6) is 3.17. The molecule has 8 heteroatoms. The molecule has 1 saturated carbocycles. The van der Waals surface area contributed by atoms with Crippen molar-refractivity contribution in [2.75, 3.05) is 11.9 Å². The van der Waals surface area contributed by atoms with Gasteiger partial charge in [0.05, 0.1) is 17.8 Å². The average Bonchev–Trinajstić information content (AvgIpc) is 3.52. The minimum atomic E-state index is -0.427. The van der Waals surface area contributed by atoms with E-state index >= 15 is 0 Å². The van der Waals surface area contributed by atoms with Crippen LogP contribution < -0.4 is 10.1 Å². The molecule has 8 nitrogen and oxygen atoms in total. The zero-order valence-corrected chi connectivity index (χ0v) is 18.4. The van der Waals surface area contributed by atoms with Crippen LogP contribution in [0.3, 0.4) is 0 Å². The Morgan fingerprint density at radius 2 is 1.94 bits per heavy atom. The van der Waals surface area contributed by atoms with E-state index < -0.39 is 6.10 Å². The first kappa shape index (κ1) is 20.4. The summed E-state index contributed by atoms with van der Waals surface area (Å²) < 4.78 is 7.78. The molecule has 1 unspecified atom stereocenters. The molecule has 0 spiro atoms. The van der Waals surface area contributed by atoms with E-state index in [9.17, 15) is 5.11 Å². The maximum absolute atomic E-state index is 10.2. The van der Waals surface area contributed by atoms with Crippen LogP contribution in [0.15, 0.2) is 42.7 Å². The van der Waals surface area contributed by atoms with Crippen molar-refractivity contribution in [2.24, 2.45) is 5.92 Å². The summed E-state index contributed by atoms with van der Waals surface area (Å²) in [5, 5.41) is 18.0. The van der Waals surface area contributed by atoms with E-state index in [1.54, 1.807) is 6.20 Å². The SMILES string of the molecule is Cc1cc(-c2ccn3nc(Nc4cc(C)nc(C)n4)cc3c2)c(OCC(O)C2CC2)cn1. The van der Waals surface area contributed by atoms with Crippen molar-refractivity contribution in [3.8, 4) is 16.9 Å². The van der Waals surface area contributed by atoms with Gasteiger partial charge in [-0.25, -0.2) is 14.5 Å². The van der Waals surface area contributed by atoms with Gasteiger partial charge in [-0.3, -0.25) is 4.98 Å². The topological polar surface area (TPSA) is 97.5 Å². The number of aliphatic hydroxyl groups is 1. The number of rotatable bonds is 7. The summed E-state index contributed by atoms with van der Waals surface area (Å²) in [6, 6.07) is 9.94. The number of pyridine rings is 2. The summed E-state index contributed by atoms with van der Waals surface area (Å²) in [7, 11) is 0. The Labute approximate surface area is 186 Å². The van der Waals surface area contributed by atoms with Gasteiger partial charge in [-0.15, -0.1) is 0 Å². The lowest BCUT2D eigenvalue weighted by atomic mass is 10.1. The van der Waals surface area contributed by atoms with Crippen LogP contribution in [0.2, 0.25) is 0 Å². The lowest BCUT2D eigenvalue weighted by molar-refractivity contribution is 0.0895. The number of nitrogens with zero attached hydrogens (tertiary/aromatic N) is 5. The number of hydrogen-bond donors (Lipinski definition) is 2. The maximum Gasteiger partial charge on any atom is 0.154 e. The van der Waals surface area contributed by atoms with E-state index in [0.29, 0.717) is 29.1 Å². The predicted molar refractivity (Wildman–Crippen MR) is 122 cm³/mol. The second-order valence-electron chi connectivity index (χ2n) is 8.42. The van der Waals surface area contributed by atoms with Crippen molar-refractivity contribution in [1.82, 2.24) is 24.6 Å². The molecule has 2 N–H and O–H groups in total. The average molecular weight is 431 g/mol. The van der Waals surface area contributed by atoms with Crippen molar-refractivity contribution < 1.29 is 9.84 Å². The molecule has 0 aliphatic heterocycles. The number of aromatic nitrogens is 5. The van der Waals surface area contributed by atoms with Crippen LogP contribution in [-0.2, 0) is 0 Å². The maximum atomic E-state index is 10.2. The third-order valence-corrected chi connectivity index (χ3v) is 5.58. The summed E-state index contributed by atoms with van der Waals surface area (Å²) in [6.45, 7) is 6.05. The third kappa shape index (κ3) is 4.40. The fourth-order valence-corrected chi connectivity index (χ4v) is 3.82. The molecule has 1 atom stereocenters. The first-order valence-electron chi connectivity index (χ1n) is 10.8. The van der Waals surface area contributed by atoms with Gasteiger partial charge >= 0.3 is 0 Å². The van der Waals surface area contributed by atoms with Crippen LogP contribution in [-0.4, -0.2) is 42.4 Å². The summed E-state index contributed by atoms with van der Waals surface area (Å²) >= 11 is 0. The molecule has 0 aromatic carbocycles. The summed E-state index contributed by atoms with van der Waals surface area (Å²) in [5.41, 5.74) is 4.68. The Bertz CT molecular complexity index is 1260. The molecule has 4 aromatic rings. The number of ether oxygens (including phenoxy) is 1. The highest BCUT2D eigenvalue weighted by Crippen LogP contribution is 2.35. The Hall–Kier alpha value is -3.52. The van der Waals surface area contributed by atoms with Gasteiger partial charge < -0.3 is 15.2 Å². The van der Waals surface area contributed by atoms with E-state index in [1.807, 2.05) is 55.7 Å². The van der Waals surface area contributed by atoms with Gasteiger partial charge in [0, 0.05) is 35.3 Å². The van der Waals surface area contributed by atoms with E-state index in [2.05, 4.69) is 31.4 Å². The van der Waals surface area contributed by atoms with Crippen LogP contribution >= 0.6 is 0 Å². The molecule has 164 valence electrons. The number of aryl methyl sites for hydroxylation is 3. The van der Waals surface area contributed by atoms with Crippen LogP contribution in [0.1, 0.15) is 30.1 Å². The van der Waals surface area contributed by atoms with E-state index in [4.69, 9.17) is 4.74 Å². The molecule has 0 saturated heterocycles. The Morgan fingerprint density at radius 3 is 2.72 bits per heavy atom. The number of fused-ring (bicyclic) bond motifs is 1. The minimum absolute atomic E-state index is 0.281. The lowest BCUT2D eigenvalue weighted by Crippen LogP contribution is -2.19. The van der Waals surface area contributed by atoms with Gasteiger partial charge in [0.25, 0.3) is 0 Å². The molecule has 32 heavy (non-hydrogen) atoms. The number of nitrogens with one attached hydrogen (secondary N) is 1. The molecule has 1 aliphatic carbocycles. The molecule has 1 aliphatic rings. The van der Waals surface area contributed by atoms with Crippen LogP contribution in [0.25, 0.3) is 16.6 Å². The first-order valence-corrected chi connectivity index (χ1v) is 10.8. The smallest absolute Gasteiger partial charge is 0.154 e. The highest BCUT2D eigenvalue weighted by Gasteiger charge is 2.30. The molecule has 0 amide bonds.